The van der Waals surface area contributed by atoms with Crippen LogP contribution in [0.25, 0.3) is 0 Å². The van der Waals surface area contributed by atoms with Gasteiger partial charge in [-0.3, -0.25) is 0 Å². The van der Waals surface area contributed by atoms with E-state index in [1.807, 2.05) is 27.7 Å². The van der Waals surface area contributed by atoms with E-state index in [1.54, 1.807) is 34.7 Å². The molecule has 17 heteroatoms. The number of rotatable bonds is 14. The van der Waals surface area contributed by atoms with Crippen molar-refractivity contribution in [3.63, 3.8) is 0 Å². The maximum Gasteiger partial charge on any atom is 0.163 e. The summed E-state index contributed by atoms with van der Waals surface area (Å²) >= 11 is 0. The van der Waals surface area contributed by atoms with E-state index < -0.39 is 50.2 Å². The molecule has 2 heterocycles. The van der Waals surface area contributed by atoms with Crippen molar-refractivity contribution in [2.75, 3.05) is 68.8 Å². The first-order valence-corrected chi connectivity index (χ1v) is 27.7. The number of ether oxygens (including phenoxy) is 12. The van der Waals surface area contributed by atoms with Crippen molar-refractivity contribution in [3.05, 3.63) is 0 Å². The maximum absolute atomic E-state index is 12.5. The molecule has 0 aromatic rings. The van der Waals surface area contributed by atoms with Crippen molar-refractivity contribution >= 4 is 12.5 Å². The van der Waals surface area contributed by atoms with Crippen molar-refractivity contribution in [1.29, 1.82) is 0 Å². The maximum atomic E-state index is 12.5. The second-order valence-electron chi connectivity index (χ2n) is 26.2. The normalized spacial score (nSPS) is 51.2. The Labute approximate surface area is 435 Å². The highest BCUT2D eigenvalue weighted by atomic mass is 16.7. The average Bonchev–Trinajstić information content (AvgIpc) is 3.78. The van der Waals surface area contributed by atoms with Crippen molar-refractivity contribution in [2.45, 2.75) is 204 Å². The molecule has 10 rings (SSSR count). The zero-order chi connectivity index (χ0) is 52.7. The molecule has 3 N–H and O–H groups in total. The molecule has 0 radical (unpaired) electrons. The van der Waals surface area contributed by atoms with Gasteiger partial charge in [-0.15, -0.1) is 5.16 Å². The summed E-state index contributed by atoms with van der Waals surface area (Å²) in [5, 5.41) is 38.0. The number of hydrogen-bond acceptors (Lipinski definition) is 17. The summed E-state index contributed by atoms with van der Waals surface area (Å²) in [7, 11) is 6.57. The van der Waals surface area contributed by atoms with Crippen molar-refractivity contribution in [2.24, 2.45) is 74.2 Å². The summed E-state index contributed by atoms with van der Waals surface area (Å²) < 4.78 is 74.4. The molecule has 4 unspecified atom stereocenters. The van der Waals surface area contributed by atoms with Crippen LogP contribution in [0.15, 0.2) is 5.16 Å². The van der Waals surface area contributed by atoms with Gasteiger partial charge in [-0.25, -0.2) is 0 Å². The SMILES string of the molecule is COCO[C@@H]1C[C@]2(C)[C@@H](/C=N/O)CC[C@]2(OCOC)C2CC[C@]3(O)C[C@@H](C)C[C@H]4OC(C)(C)OC[C@]43C21.COCO[C@@H]1C[C@]2(C)[C@@H](C=O)CC[C@]2(OCOC)C2CC[C@]3(O)C[C@@H](C)C[C@H]4OC(C)(C)OC[C@]43C21. The van der Waals surface area contributed by atoms with Gasteiger partial charge >= 0.3 is 0 Å². The summed E-state index contributed by atoms with van der Waals surface area (Å²) in [6.45, 7) is 18.2. The van der Waals surface area contributed by atoms with Crippen LogP contribution in [0, 0.1) is 69.0 Å². The lowest BCUT2D eigenvalue weighted by Gasteiger charge is -2.71. The van der Waals surface area contributed by atoms with Gasteiger partial charge in [0.25, 0.3) is 0 Å². The molecule has 418 valence electrons. The Kier molecular flexibility index (Phi) is 15.7. The number of nitrogens with zero attached hydrogens (tertiary/aromatic N) is 1. The monoisotopic (exact) mass is 1040 g/mol. The van der Waals surface area contributed by atoms with Crippen molar-refractivity contribution < 1.29 is 77.1 Å². The van der Waals surface area contributed by atoms with E-state index in [4.69, 9.17) is 56.8 Å². The predicted octanol–water partition coefficient (Wildman–Crippen LogP) is 7.62. The molecule has 2 saturated heterocycles. The number of carbonyl (C=O) groups is 1. The summed E-state index contributed by atoms with van der Waals surface area (Å²) in [5.74, 6) is -0.843. The van der Waals surface area contributed by atoms with Gasteiger partial charge in [-0.1, -0.05) is 27.7 Å². The number of carbonyl (C=O) groups excluding carboxylic acids is 1. The molecule has 73 heavy (non-hydrogen) atoms. The first-order chi connectivity index (χ1) is 34.5. The number of aliphatic hydroxyl groups is 2. The van der Waals surface area contributed by atoms with Crippen LogP contribution in [0.5, 0.6) is 0 Å². The quantitative estimate of drug-likeness (QED) is 0.0504. The molecule has 17 nitrogen and oxygen atoms in total. The van der Waals surface area contributed by atoms with E-state index in [9.17, 15) is 20.2 Å². The van der Waals surface area contributed by atoms with Gasteiger partial charge in [0.1, 0.15) is 33.5 Å². The van der Waals surface area contributed by atoms with Gasteiger partial charge in [-0.05, 0) is 141 Å². The highest BCUT2D eigenvalue weighted by Gasteiger charge is 2.79. The van der Waals surface area contributed by atoms with E-state index in [2.05, 4.69) is 32.9 Å². The van der Waals surface area contributed by atoms with Crippen LogP contribution in [0.1, 0.15) is 145 Å². The minimum Gasteiger partial charge on any atom is -0.411 e. The molecule has 10 fully saturated rings. The number of methoxy groups -OCH3 is 4. The fourth-order valence-electron chi connectivity index (χ4n) is 19.3. The molecule has 0 amide bonds. The Bertz CT molecular complexity index is 1980. The fourth-order valence-corrected chi connectivity index (χ4v) is 19.3. The van der Waals surface area contributed by atoms with Gasteiger partial charge < -0.3 is 77.1 Å². The third-order valence-corrected chi connectivity index (χ3v) is 22.0. The zero-order valence-electron chi connectivity index (χ0n) is 46.3. The smallest absolute Gasteiger partial charge is 0.163 e. The zero-order valence-corrected chi connectivity index (χ0v) is 46.3. The summed E-state index contributed by atoms with van der Waals surface area (Å²) in [5.41, 5.74) is -4.97. The first-order valence-electron chi connectivity index (χ1n) is 27.7. The molecule has 8 aliphatic carbocycles. The molecule has 0 bridgehead atoms. The Balaban J connectivity index is 0.000000180. The number of aldehydes is 1. The van der Waals surface area contributed by atoms with Crippen molar-refractivity contribution in [1.82, 2.24) is 0 Å². The molecule has 0 aromatic carbocycles. The first kappa shape index (κ1) is 56.3. The van der Waals surface area contributed by atoms with Gasteiger partial charge in [0.15, 0.2) is 11.6 Å². The van der Waals surface area contributed by atoms with E-state index in [-0.39, 0.29) is 92.5 Å². The topological polar surface area (TPSA) is 201 Å². The van der Waals surface area contributed by atoms with E-state index in [0.29, 0.717) is 50.7 Å². The van der Waals surface area contributed by atoms with Crippen LogP contribution in [-0.4, -0.2) is 155 Å². The highest BCUT2D eigenvalue weighted by Crippen LogP contribution is 2.75. The van der Waals surface area contributed by atoms with Crippen LogP contribution in [0.3, 0.4) is 0 Å². The molecule has 20 atom stereocenters. The second-order valence-corrected chi connectivity index (χ2v) is 26.2. The predicted molar refractivity (Wildman–Crippen MR) is 266 cm³/mol. The molecule has 0 aromatic heterocycles. The number of oxime groups is 1. The molecule has 2 aliphatic heterocycles. The lowest BCUT2D eigenvalue weighted by atomic mass is 9.39. The standard InChI is InChI=1S/C28H47NO8.C28H46O8/c1-18-11-22-27(15-35-24(2,3)37-22)23-20(8-9-26(27,30)12-18)28(36-17-33-6)10-7-19(14-29-31)25(28,4)13-21(23)34-16-32-5;1-18-11-22-27(15-34-24(2,3)36-22)23-20(8-9-26(27,30)12-18)28(35-17-32-6)10-7-19(14-29)25(28,4)13-21(23)33-16-31-5/h14,18-23,30-31H,7-13,15-17H2,1-6H3;14,18-23,30H,7-13,15-17H2,1-6H3/b29-14+;/t2*18-,19+,20?,21+,22+,23?,25+,26-,27+,28-/m00/s1. The average molecular weight is 1040 g/mol. The van der Waals surface area contributed by atoms with E-state index in [0.717, 1.165) is 70.5 Å². The summed E-state index contributed by atoms with van der Waals surface area (Å²) in [6, 6.07) is 0. The van der Waals surface area contributed by atoms with Crippen LogP contribution < -0.4 is 0 Å². The highest BCUT2D eigenvalue weighted by molar-refractivity contribution is 5.63. The largest absolute Gasteiger partial charge is 0.411 e. The molecule has 8 saturated carbocycles. The summed E-state index contributed by atoms with van der Waals surface area (Å²) in [6.07, 6.45) is 12.7. The van der Waals surface area contributed by atoms with Gasteiger partial charge in [0.2, 0.25) is 0 Å². The Hall–Kier alpha value is -1.42. The van der Waals surface area contributed by atoms with E-state index >= 15 is 0 Å². The molecule has 2 spiro atoms. The molecular formula is C56H93NO16. The fraction of sp³-hybridized carbons (Fsp3) is 0.964. The van der Waals surface area contributed by atoms with Crippen LogP contribution in [0.2, 0.25) is 0 Å². The third-order valence-electron chi connectivity index (χ3n) is 22.0. The third kappa shape index (κ3) is 8.50. The van der Waals surface area contributed by atoms with E-state index in [1.165, 1.54) is 0 Å². The number of hydrogen-bond donors (Lipinski definition) is 3. The minimum atomic E-state index is -0.930. The van der Waals surface area contributed by atoms with Crippen molar-refractivity contribution in [3.8, 4) is 0 Å². The van der Waals surface area contributed by atoms with Gasteiger partial charge in [0, 0.05) is 69.2 Å². The summed E-state index contributed by atoms with van der Waals surface area (Å²) in [4.78, 5) is 12.3. The molecular weight excluding hydrogens is 943 g/mol. The minimum absolute atomic E-state index is 0.0298. The Morgan fingerprint density at radius 1 is 0.575 bits per heavy atom. The number of fused-ring (bicyclic) bond motifs is 6. The lowest BCUT2D eigenvalue weighted by Crippen LogP contribution is -2.78. The van der Waals surface area contributed by atoms with Gasteiger partial charge in [-0.2, -0.15) is 0 Å². The van der Waals surface area contributed by atoms with Gasteiger partial charge in [0.05, 0.1) is 70.9 Å². The molecule has 10 aliphatic rings. The Morgan fingerprint density at radius 3 is 1.38 bits per heavy atom. The van der Waals surface area contributed by atoms with Crippen LogP contribution in [-0.2, 0) is 61.6 Å². The second kappa shape index (κ2) is 20.4. The Morgan fingerprint density at radius 2 is 0.986 bits per heavy atom. The van der Waals surface area contributed by atoms with Crippen LogP contribution >= 0.6 is 0 Å². The van der Waals surface area contributed by atoms with Crippen LogP contribution in [0.4, 0.5) is 0 Å². The lowest BCUT2D eigenvalue weighted by molar-refractivity contribution is -0.405.